The molecule has 12 saturated heterocycles. The van der Waals surface area contributed by atoms with E-state index in [4.69, 9.17) is 109 Å². The van der Waals surface area contributed by atoms with Crippen LogP contribution in [0.1, 0.15) is 41.5 Å². The molecular weight excluding hydrogens is 2010 g/mol. The predicted octanol–water partition coefficient (Wildman–Crippen LogP) is -25.4. The molecule has 12 fully saturated rings. The largest absolute Gasteiger partial charge is 0.394 e. The number of carbonyl (C=O) groups excluding carboxylic acids is 5. The van der Waals surface area contributed by atoms with Crippen LogP contribution in [0.2, 0.25) is 0 Å². The first kappa shape index (κ1) is 121. The topological polar surface area (TPSA) is 1010 Å². The number of hydrogen-bond donors (Lipinski definition) is 37. The summed E-state index contributed by atoms with van der Waals surface area (Å²) in [5, 5.41) is 373. The van der Waals surface area contributed by atoms with Crippen molar-refractivity contribution in [3.8, 4) is 0 Å². The van der Waals surface area contributed by atoms with Crippen LogP contribution in [0.5, 0.6) is 0 Å². The molecule has 147 heavy (non-hydrogen) atoms. The molecule has 850 valence electrons. The Morgan fingerprint density at radius 2 is 0.415 bits per heavy atom. The fourth-order valence-corrected chi connectivity index (χ4v) is 19.1. The zero-order valence-corrected chi connectivity index (χ0v) is 79.2. The van der Waals surface area contributed by atoms with Gasteiger partial charge in [0.05, 0.1) is 78.8 Å². The highest BCUT2D eigenvalue weighted by Crippen LogP contribution is 2.43. The summed E-state index contributed by atoms with van der Waals surface area (Å²) in [5.41, 5.74) is 0. The van der Waals surface area contributed by atoms with Gasteiger partial charge in [-0.3, -0.25) is 24.0 Å². The van der Waals surface area contributed by atoms with Crippen molar-refractivity contribution >= 4 is 29.5 Å². The second kappa shape index (κ2) is 52.8. The quantitative estimate of drug-likeness (QED) is 0.0273. The van der Waals surface area contributed by atoms with E-state index in [0.717, 1.165) is 34.6 Å². The maximum absolute atomic E-state index is 13.4. The van der Waals surface area contributed by atoms with Crippen molar-refractivity contribution in [3.63, 3.8) is 0 Å². The van der Waals surface area contributed by atoms with Gasteiger partial charge < -0.3 is 299 Å². The summed E-state index contributed by atoms with van der Waals surface area (Å²) in [6.45, 7) is -6.87. The molecule has 12 aliphatic heterocycles. The molecule has 0 spiro atoms. The van der Waals surface area contributed by atoms with Crippen LogP contribution in [0, 0.1) is 0 Å². The number of amides is 5. The second-order valence-electron chi connectivity index (χ2n) is 37.3. The lowest BCUT2D eigenvalue weighted by Crippen LogP contribution is -2.71. The molecule has 0 aliphatic carbocycles. The average Bonchev–Trinajstić information content (AvgIpc) is 0.761. The van der Waals surface area contributed by atoms with E-state index in [1.165, 1.54) is 6.92 Å². The number of hydrogen-bond acceptors (Lipinski definition) is 60. The number of ether oxygens (including phenoxy) is 23. The Kier molecular flexibility index (Phi) is 43.4. The highest BCUT2D eigenvalue weighted by atomic mass is 16.8. The van der Waals surface area contributed by atoms with Crippen LogP contribution in [-0.4, -0.2) is 634 Å². The smallest absolute Gasteiger partial charge is 0.217 e. The number of aliphatic hydroxyl groups is 32. The normalized spacial score (nSPS) is 49.6. The number of rotatable bonds is 38. The van der Waals surface area contributed by atoms with Gasteiger partial charge in [0.1, 0.15) is 287 Å². The van der Waals surface area contributed by atoms with Gasteiger partial charge in [0.25, 0.3) is 0 Å². The summed E-state index contributed by atoms with van der Waals surface area (Å²) >= 11 is 0. The van der Waals surface area contributed by atoms with Crippen molar-refractivity contribution in [2.75, 3.05) is 72.7 Å². The summed E-state index contributed by atoms with van der Waals surface area (Å²) in [5.74, 6) is -4.92. The first-order valence-electron chi connectivity index (χ1n) is 47.0. The molecule has 0 aromatic heterocycles. The van der Waals surface area contributed by atoms with Crippen LogP contribution in [0.25, 0.3) is 0 Å². The average molecular weight is 2150 g/mol. The van der Waals surface area contributed by atoms with Crippen LogP contribution in [-0.2, 0) is 133 Å². The fourth-order valence-electron chi connectivity index (χ4n) is 19.1. The number of aliphatic hydroxyl groups excluding tert-OH is 32. The molecule has 12 heterocycles. The zero-order valence-electron chi connectivity index (χ0n) is 79.2. The van der Waals surface area contributed by atoms with E-state index in [2.05, 4.69) is 26.6 Å². The van der Waals surface area contributed by atoms with E-state index in [0.29, 0.717) is 0 Å². The molecule has 0 aromatic rings. The van der Waals surface area contributed by atoms with E-state index >= 15 is 0 Å². The van der Waals surface area contributed by atoms with E-state index < -0.39 is 470 Å². The maximum atomic E-state index is 13.4. The Morgan fingerprint density at radius 1 is 0.190 bits per heavy atom. The Bertz CT molecular complexity index is 4110. The van der Waals surface area contributed by atoms with Gasteiger partial charge in [-0.2, -0.15) is 0 Å². The van der Waals surface area contributed by atoms with Gasteiger partial charge in [0, 0.05) is 34.6 Å². The zero-order chi connectivity index (χ0) is 108. The lowest BCUT2D eigenvalue weighted by Gasteiger charge is -2.51. The van der Waals surface area contributed by atoms with Crippen molar-refractivity contribution in [1.82, 2.24) is 26.6 Å². The molecule has 65 heteroatoms. The van der Waals surface area contributed by atoms with Crippen LogP contribution in [0.3, 0.4) is 0 Å². The monoisotopic (exact) mass is 2150 g/mol. The minimum Gasteiger partial charge on any atom is -0.394 e. The molecule has 5 amide bonds. The fraction of sp³-hybridized carbons (Fsp3) is 0.939. The lowest BCUT2D eigenvalue weighted by molar-refractivity contribution is -0.400. The van der Waals surface area contributed by atoms with Crippen molar-refractivity contribution in [2.45, 2.75) is 410 Å². The van der Waals surface area contributed by atoms with Gasteiger partial charge in [-0.1, -0.05) is 0 Å². The Labute approximate surface area is 832 Å². The third-order valence-corrected chi connectivity index (χ3v) is 27.0. The van der Waals surface area contributed by atoms with Crippen LogP contribution < -0.4 is 26.6 Å². The minimum absolute atomic E-state index is 0.873. The first-order valence-corrected chi connectivity index (χ1v) is 47.0. The number of carbonyl (C=O) groups is 5. The van der Waals surface area contributed by atoms with Crippen molar-refractivity contribution in [2.24, 2.45) is 0 Å². The molecule has 0 bridgehead atoms. The predicted molar refractivity (Wildman–Crippen MR) is 452 cm³/mol. The van der Waals surface area contributed by atoms with E-state index in [9.17, 15) is 187 Å². The van der Waals surface area contributed by atoms with Gasteiger partial charge in [0.2, 0.25) is 29.5 Å². The first-order chi connectivity index (χ1) is 69.5. The standard InChI is InChI=1S/C82H137N5O60/c1-18-40(102)52(114)58(120)76(127-18)125-17-34-66(47(109)35(71(124)128-34)83-19(2)97)139-72-36(84-20(3)98)48(110)64(31(14-95)134-72)142-79-61(123)67(144-82-70(57(119)45(107)28(11-92)133-82)147-75-38(86-22(5)100)50(112)63(30(13-94)136-75)141-78-60(122)54(116)42(104)25(8-89)130-78)46(108)33(138-79)16-126-80-68(55(117)43(105)26(9-90)131-80)145-73-39(87-23(6)101)51(113)65(32(15-96)137-73)143-81-69(56(118)44(106)27(10-91)132-81)146-74-37(85-21(4)99)49(111)62(29(12-93)135-74)140-77-59(121)53(115)41(103)24(7-88)129-77/h18,24-82,88-96,102-124H,7-17H2,1-6H3,(H,83,97)(H,84,98)(H,85,99)(H,86,100)(H,87,101)/t18-,24+,25+,26+,27+,28+,29+,30+,31+,32+,33+,34+,35+,36+,37+,38+,39+,40+,41-,42-,43+,44-,45+,46+,47+,48+,49+,50+,51+,52+,53-,54-,55-,56-,57-,58-,59+,60+,61-,62+,63+,64+,65+,66+,67-,68-,69+,70-,71+,72-,73-,74-,75-,76+,77-,78-,79-,80-,81-,82+/m0/s1. The van der Waals surface area contributed by atoms with Crippen molar-refractivity contribution in [1.29, 1.82) is 0 Å². The molecule has 0 unspecified atom stereocenters. The van der Waals surface area contributed by atoms with Crippen LogP contribution in [0.4, 0.5) is 0 Å². The summed E-state index contributed by atoms with van der Waals surface area (Å²) in [6.07, 6.45) is -117. The van der Waals surface area contributed by atoms with Gasteiger partial charge in [-0.05, 0) is 6.92 Å². The Balaban J connectivity index is 0.855. The summed E-state index contributed by atoms with van der Waals surface area (Å²) in [7, 11) is 0. The van der Waals surface area contributed by atoms with Crippen molar-refractivity contribution in [3.05, 3.63) is 0 Å². The molecule has 65 nitrogen and oxygen atoms in total. The summed E-state index contributed by atoms with van der Waals surface area (Å²) in [4.78, 5) is 65.4. The SMILES string of the molecule is CC(=O)N[C@@H]1[C@@H](O)[C@H](O[C@@H]2O[C@H](CO)[C@@H](O[C@@H]3O[C@H](CO[C@H]4O[C@H](CO)[C@@H](O)[C@H](O)[C@@H]4O[C@@H]4O[C@H](CO)[C@@H](O[C@@H]5O[C@H](CO)[C@H](O)[C@H](O)[C@H]5O[C@@H]5O[C@H](CO)[C@@H](O[C@@H]6O[C@H](CO)[C@H](O)[C@H](O)[C@H]6O)[C@H](O)[C@H]5NC(C)=O)[C@H](O)[C@H]4NC(C)=O)[C@@H](O)[C@H](O[C@H]4O[C@H](CO)[C@@H](O)[C@H](O)[C@@H]4O[C@@H]4O[C@H](CO)[C@@H](O[C@@H]5O[C@H](CO)[C@H](O)[C@H](O)[C@H]5O)[C@H](O)[C@H]4NC(C)=O)[C@@H]3O)[C@H](O)[C@H]2NC(C)=O)[C@@H](CO[C@@H]2O[C@@H](C)[C@@H](O)[C@@H](O)[C@@H]2O)O[C@H]1O. The lowest BCUT2D eigenvalue weighted by atomic mass is 9.93. The molecular formula is C82H137N5O60. The van der Waals surface area contributed by atoms with E-state index in [1.807, 2.05) is 0 Å². The summed E-state index contributed by atoms with van der Waals surface area (Å²) in [6, 6.07) is -9.96. The third-order valence-electron chi connectivity index (χ3n) is 27.0. The molecule has 12 rings (SSSR count). The maximum Gasteiger partial charge on any atom is 0.217 e. The molecule has 0 saturated carbocycles. The Morgan fingerprint density at radius 3 is 0.748 bits per heavy atom. The molecule has 37 N–H and O–H groups in total. The molecule has 0 aromatic carbocycles. The molecule has 60 atom stereocenters. The van der Waals surface area contributed by atoms with Crippen molar-refractivity contribution < 1.29 is 296 Å². The Hall–Kier alpha value is -4.85. The van der Waals surface area contributed by atoms with Gasteiger partial charge in [0.15, 0.2) is 75.5 Å². The van der Waals surface area contributed by atoms with Gasteiger partial charge in [-0.15, -0.1) is 0 Å². The third kappa shape index (κ3) is 26.8. The van der Waals surface area contributed by atoms with Gasteiger partial charge in [-0.25, -0.2) is 0 Å². The number of nitrogens with one attached hydrogen (secondary N) is 5. The van der Waals surface area contributed by atoms with Gasteiger partial charge >= 0.3 is 0 Å². The highest BCUT2D eigenvalue weighted by molar-refractivity contribution is 5.75. The minimum atomic E-state index is -2.70. The highest BCUT2D eigenvalue weighted by Gasteiger charge is 2.64. The van der Waals surface area contributed by atoms with Crippen LogP contribution >= 0.6 is 0 Å². The molecule has 12 aliphatic rings. The second-order valence-corrected chi connectivity index (χ2v) is 37.3. The molecule has 0 radical (unpaired) electrons. The van der Waals surface area contributed by atoms with E-state index in [1.54, 1.807) is 0 Å². The van der Waals surface area contributed by atoms with E-state index in [-0.39, 0.29) is 0 Å². The van der Waals surface area contributed by atoms with Crippen LogP contribution in [0.15, 0.2) is 0 Å². The summed E-state index contributed by atoms with van der Waals surface area (Å²) < 4.78 is 138.